The van der Waals surface area contributed by atoms with E-state index in [0.717, 1.165) is 22.1 Å². The topological polar surface area (TPSA) is 65.6 Å². The molecule has 0 spiro atoms. The average Bonchev–Trinajstić information content (AvgIpc) is 2.69. The van der Waals surface area contributed by atoms with E-state index in [1.54, 1.807) is 12.1 Å². The van der Waals surface area contributed by atoms with E-state index < -0.39 is 5.97 Å². The van der Waals surface area contributed by atoms with Gasteiger partial charge in [0.15, 0.2) is 0 Å². The van der Waals surface area contributed by atoms with Gasteiger partial charge < -0.3 is 14.3 Å². The van der Waals surface area contributed by atoms with Crippen molar-refractivity contribution in [3.05, 3.63) is 95.3 Å². The van der Waals surface area contributed by atoms with Gasteiger partial charge >= 0.3 is 0 Å². The number of aryl methyl sites for hydroxylation is 1. The number of nitrogens with zero attached hydrogens (tertiary/aromatic N) is 1. The van der Waals surface area contributed by atoms with Gasteiger partial charge in [0.2, 0.25) is 0 Å². The number of fused-ring (bicyclic) bond motifs is 1. The fourth-order valence-electron chi connectivity index (χ4n) is 2.96. The molecule has 0 N–H and O–H groups in total. The molecule has 0 bridgehead atoms. The van der Waals surface area contributed by atoms with Crippen molar-refractivity contribution in [1.82, 2.24) is 0 Å². The summed E-state index contributed by atoms with van der Waals surface area (Å²) in [4.78, 5) is 15.8. The molecule has 4 heteroatoms. The van der Waals surface area contributed by atoms with Crippen LogP contribution in [-0.4, -0.2) is 5.97 Å². The van der Waals surface area contributed by atoms with Crippen molar-refractivity contribution in [1.29, 1.82) is 0 Å². The number of aromatic carboxylic acids is 1. The molecule has 0 atom stereocenters. The van der Waals surface area contributed by atoms with Crippen LogP contribution in [0, 0.1) is 6.92 Å². The fourth-order valence-corrected chi connectivity index (χ4v) is 2.96. The molecule has 0 aliphatic heterocycles. The number of benzene rings is 3. The monoisotopic (exact) mass is 354 g/mol. The molecular formula is C23H16NO3-. The SMILES string of the molecule is Cc1ccc2oc(-c3ccccc3)cc(=Nc3cccc(C(=O)[O-])c3)c2c1. The van der Waals surface area contributed by atoms with Crippen molar-refractivity contribution in [2.45, 2.75) is 6.92 Å². The third-order valence-corrected chi connectivity index (χ3v) is 4.29. The van der Waals surface area contributed by atoms with Gasteiger partial charge in [0.1, 0.15) is 11.3 Å². The zero-order valence-electron chi connectivity index (χ0n) is 14.7. The van der Waals surface area contributed by atoms with Crippen molar-refractivity contribution in [2.24, 2.45) is 4.99 Å². The van der Waals surface area contributed by atoms with Crippen LogP contribution in [0.5, 0.6) is 0 Å². The number of carboxylic acids is 1. The van der Waals surface area contributed by atoms with Gasteiger partial charge in [0.05, 0.1) is 17.0 Å². The summed E-state index contributed by atoms with van der Waals surface area (Å²) in [5.74, 6) is -0.525. The standard InChI is InChI=1S/C23H17NO3/c1-15-10-11-21-19(12-15)20(14-22(27-21)16-6-3-2-4-7-16)24-18-9-5-8-17(13-18)23(25)26/h2-14H,1H3,(H,25,26)/p-1. The highest BCUT2D eigenvalue weighted by atomic mass is 16.4. The Morgan fingerprint density at radius 1 is 0.926 bits per heavy atom. The Kier molecular flexibility index (Phi) is 4.30. The molecule has 3 aromatic carbocycles. The minimum absolute atomic E-state index is 0.0978. The summed E-state index contributed by atoms with van der Waals surface area (Å²) < 4.78 is 6.08. The third-order valence-electron chi connectivity index (χ3n) is 4.29. The number of carbonyl (C=O) groups excluding carboxylic acids is 1. The lowest BCUT2D eigenvalue weighted by Gasteiger charge is -2.06. The summed E-state index contributed by atoms with van der Waals surface area (Å²) in [6.07, 6.45) is 0. The zero-order valence-corrected chi connectivity index (χ0v) is 14.7. The van der Waals surface area contributed by atoms with Gasteiger partial charge in [0, 0.05) is 17.0 Å². The predicted molar refractivity (Wildman–Crippen MR) is 102 cm³/mol. The maximum absolute atomic E-state index is 11.1. The highest BCUT2D eigenvalue weighted by Crippen LogP contribution is 2.23. The van der Waals surface area contributed by atoms with Crippen molar-refractivity contribution in [2.75, 3.05) is 0 Å². The van der Waals surface area contributed by atoms with Gasteiger partial charge in [-0.25, -0.2) is 4.99 Å². The molecule has 1 aromatic heterocycles. The number of hydrogen-bond donors (Lipinski definition) is 0. The van der Waals surface area contributed by atoms with Gasteiger partial charge in [-0.05, 0) is 36.8 Å². The second kappa shape index (κ2) is 6.92. The van der Waals surface area contributed by atoms with Crippen LogP contribution in [0.15, 0.2) is 88.3 Å². The highest BCUT2D eigenvalue weighted by Gasteiger charge is 2.06. The van der Waals surface area contributed by atoms with Crippen molar-refractivity contribution >= 4 is 22.6 Å². The number of carbonyl (C=O) groups is 1. The maximum Gasteiger partial charge on any atom is 0.136 e. The Balaban J connectivity index is 1.99. The van der Waals surface area contributed by atoms with Gasteiger partial charge in [-0.3, -0.25) is 0 Å². The van der Waals surface area contributed by atoms with E-state index in [0.29, 0.717) is 16.8 Å². The number of hydrogen-bond acceptors (Lipinski definition) is 4. The molecule has 4 aromatic rings. The smallest absolute Gasteiger partial charge is 0.136 e. The molecule has 132 valence electrons. The van der Waals surface area contributed by atoms with Gasteiger partial charge in [-0.15, -0.1) is 0 Å². The second-order valence-electron chi connectivity index (χ2n) is 6.31. The lowest BCUT2D eigenvalue weighted by molar-refractivity contribution is -0.255. The molecule has 0 amide bonds. The molecule has 0 aliphatic carbocycles. The zero-order chi connectivity index (χ0) is 18.8. The van der Waals surface area contributed by atoms with Crippen LogP contribution < -0.4 is 10.5 Å². The molecule has 0 radical (unpaired) electrons. The molecule has 4 nitrogen and oxygen atoms in total. The first-order valence-corrected chi connectivity index (χ1v) is 8.56. The number of rotatable bonds is 3. The first-order valence-electron chi connectivity index (χ1n) is 8.56. The molecule has 0 saturated carbocycles. The van der Waals surface area contributed by atoms with Crippen molar-refractivity contribution < 1.29 is 14.3 Å². The quantitative estimate of drug-likeness (QED) is 0.558. The van der Waals surface area contributed by atoms with Crippen molar-refractivity contribution in [3.63, 3.8) is 0 Å². The lowest BCUT2D eigenvalue weighted by atomic mass is 10.1. The summed E-state index contributed by atoms with van der Waals surface area (Å²) in [6, 6.07) is 24.0. The Bertz CT molecular complexity index is 1210. The van der Waals surface area contributed by atoms with E-state index in [9.17, 15) is 9.90 Å². The van der Waals surface area contributed by atoms with E-state index in [1.165, 1.54) is 12.1 Å². The third kappa shape index (κ3) is 3.51. The summed E-state index contributed by atoms with van der Waals surface area (Å²) in [5.41, 5.74) is 3.40. The second-order valence-corrected chi connectivity index (χ2v) is 6.31. The van der Waals surface area contributed by atoms with Crippen LogP contribution in [0.3, 0.4) is 0 Å². The van der Waals surface area contributed by atoms with E-state index in [4.69, 9.17) is 4.42 Å². The normalized spacial score (nSPS) is 11.7. The van der Waals surface area contributed by atoms with E-state index in [1.807, 2.05) is 61.5 Å². The molecule has 27 heavy (non-hydrogen) atoms. The largest absolute Gasteiger partial charge is 0.545 e. The molecule has 1 heterocycles. The van der Waals surface area contributed by atoms with E-state index in [2.05, 4.69) is 4.99 Å². The van der Waals surface area contributed by atoms with Crippen molar-refractivity contribution in [3.8, 4) is 11.3 Å². The molecule has 0 unspecified atom stereocenters. The van der Waals surface area contributed by atoms with Gasteiger partial charge in [-0.1, -0.05) is 54.1 Å². The van der Waals surface area contributed by atoms with Crippen LogP contribution in [0.1, 0.15) is 15.9 Å². The Morgan fingerprint density at radius 3 is 2.52 bits per heavy atom. The number of carboxylic acid groups (broad SMARTS) is 1. The van der Waals surface area contributed by atoms with E-state index in [-0.39, 0.29) is 5.56 Å². The molecule has 0 saturated heterocycles. The molecule has 0 aliphatic rings. The fraction of sp³-hybridized carbons (Fsp3) is 0.0435. The molecule has 0 fully saturated rings. The minimum atomic E-state index is -1.22. The van der Waals surface area contributed by atoms with Gasteiger partial charge in [-0.2, -0.15) is 0 Å². The molecular weight excluding hydrogens is 338 g/mol. The molecule has 4 rings (SSSR count). The lowest BCUT2D eigenvalue weighted by Crippen LogP contribution is -2.21. The summed E-state index contributed by atoms with van der Waals surface area (Å²) in [6.45, 7) is 2.01. The Hall–Kier alpha value is -3.66. The average molecular weight is 354 g/mol. The highest BCUT2D eigenvalue weighted by molar-refractivity contribution is 5.87. The predicted octanol–water partition coefficient (Wildman–Crippen LogP) is 4.00. The first-order chi connectivity index (χ1) is 13.1. The van der Waals surface area contributed by atoms with Crippen LogP contribution in [0.4, 0.5) is 5.69 Å². The summed E-state index contributed by atoms with van der Waals surface area (Å²) in [7, 11) is 0. The Morgan fingerprint density at radius 2 is 1.74 bits per heavy atom. The van der Waals surface area contributed by atoms with Crippen LogP contribution in [0.2, 0.25) is 0 Å². The van der Waals surface area contributed by atoms with E-state index >= 15 is 0 Å². The summed E-state index contributed by atoms with van der Waals surface area (Å²) in [5, 5.41) is 12.7. The first kappa shape index (κ1) is 16.8. The van der Waals surface area contributed by atoms with Crippen LogP contribution in [0.25, 0.3) is 22.3 Å². The Labute approximate surface area is 156 Å². The maximum atomic E-state index is 11.1. The van der Waals surface area contributed by atoms with Gasteiger partial charge in [0.25, 0.3) is 0 Å². The minimum Gasteiger partial charge on any atom is -0.545 e. The van der Waals surface area contributed by atoms with Crippen LogP contribution in [-0.2, 0) is 0 Å². The summed E-state index contributed by atoms with van der Waals surface area (Å²) >= 11 is 0. The van der Waals surface area contributed by atoms with Crippen LogP contribution >= 0.6 is 0 Å².